The Kier molecular flexibility index (Phi) is 5.92. The SMILES string of the molecule is O=c1[nH]c(-c2ccccc2OCc2ccc([N+](=O)[O-])cc2)nc2sc3c(c12)CCCCCC3. The molecule has 168 valence electrons. The zero-order chi connectivity index (χ0) is 22.8. The smallest absolute Gasteiger partial charge is 0.269 e. The quantitative estimate of drug-likeness (QED) is 0.299. The van der Waals surface area contributed by atoms with Crippen LogP contribution in [0.1, 0.15) is 41.7 Å². The molecular weight excluding hydrogens is 438 g/mol. The zero-order valence-corrected chi connectivity index (χ0v) is 18.8. The lowest BCUT2D eigenvalue weighted by Crippen LogP contribution is -2.11. The number of aryl methyl sites for hydroxylation is 2. The van der Waals surface area contributed by atoms with Gasteiger partial charge in [0, 0.05) is 17.0 Å². The van der Waals surface area contributed by atoms with E-state index in [1.165, 1.54) is 35.4 Å². The number of nitro groups is 1. The zero-order valence-electron chi connectivity index (χ0n) is 18.0. The standard InChI is InChI=1S/C25H23N3O4S/c29-24-22-19-8-3-1-2-4-10-21(19)33-25(22)27-23(26-24)18-7-5-6-9-20(18)32-15-16-11-13-17(14-12-16)28(30)31/h5-7,9,11-14H,1-4,8,10,15H2,(H,26,27,29). The van der Waals surface area contributed by atoms with Crippen LogP contribution in [0, 0.1) is 10.1 Å². The highest BCUT2D eigenvalue weighted by Crippen LogP contribution is 2.34. The summed E-state index contributed by atoms with van der Waals surface area (Å²) < 4.78 is 6.02. The highest BCUT2D eigenvalue weighted by atomic mass is 32.1. The molecule has 1 aliphatic carbocycles. The van der Waals surface area contributed by atoms with Crippen molar-refractivity contribution in [3.8, 4) is 17.1 Å². The van der Waals surface area contributed by atoms with Crippen molar-refractivity contribution in [3.05, 3.63) is 85.0 Å². The molecule has 2 heterocycles. The molecule has 4 aromatic rings. The van der Waals surface area contributed by atoms with Crippen LogP contribution in [-0.4, -0.2) is 14.9 Å². The van der Waals surface area contributed by atoms with Gasteiger partial charge in [0.1, 0.15) is 23.0 Å². The Labute approximate surface area is 194 Å². The van der Waals surface area contributed by atoms with Crippen LogP contribution in [0.15, 0.2) is 53.3 Å². The van der Waals surface area contributed by atoms with Crippen LogP contribution in [0.4, 0.5) is 5.69 Å². The molecule has 0 saturated carbocycles. The Balaban J connectivity index is 1.46. The number of nitro benzene ring substituents is 1. The van der Waals surface area contributed by atoms with Crippen LogP contribution < -0.4 is 10.3 Å². The van der Waals surface area contributed by atoms with Gasteiger partial charge >= 0.3 is 0 Å². The van der Waals surface area contributed by atoms with Crippen molar-refractivity contribution in [2.24, 2.45) is 0 Å². The molecule has 0 radical (unpaired) electrons. The highest BCUT2D eigenvalue weighted by molar-refractivity contribution is 7.18. The lowest BCUT2D eigenvalue weighted by Gasteiger charge is -2.11. The fourth-order valence-electron chi connectivity index (χ4n) is 4.31. The van der Waals surface area contributed by atoms with Crippen molar-refractivity contribution in [2.45, 2.75) is 45.1 Å². The Morgan fingerprint density at radius 1 is 1.03 bits per heavy atom. The number of aromatic nitrogens is 2. The van der Waals surface area contributed by atoms with E-state index >= 15 is 0 Å². The Morgan fingerprint density at radius 3 is 2.58 bits per heavy atom. The lowest BCUT2D eigenvalue weighted by molar-refractivity contribution is -0.384. The number of nitrogens with one attached hydrogen (secondary N) is 1. The minimum atomic E-state index is -0.427. The first-order chi connectivity index (χ1) is 16.1. The number of fused-ring (bicyclic) bond motifs is 3. The summed E-state index contributed by atoms with van der Waals surface area (Å²) in [6, 6.07) is 13.7. The summed E-state index contributed by atoms with van der Waals surface area (Å²) in [4.78, 5) is 33.4. The predicted octanol–water partition coefficient (Wildman–Crippen LogP) is 5.80. The van der Waals surface area contributed by atoms with Crippen LogP contribution in [0.5, 0.6) is 5.75 Å². The van der Waals surface area contributed by atoms with Gasteiger partial charge in [-0.05, 0) is 61.1 Å². The third kappa shape index (κ3) is 4.39. The molecule has 0 bridgehead atoms. The summed E-state index contributed by atoms with van der Waals surface area (Å²) in [5, 5.41) is 11.6. The van der Waals surface area contributed by atoms with Gasteiger partial charge in [0.05, 0.1) is 15.9 Å². The van der Waals surface area contributed by atoms with Gasteiger partial charge in [-0.15, -0.1) is 11.3 Å². The second-order valence-electron chi connectivity index (χ2n) is 8.22. The van der Waals surface area contributed by atoms with Crippen LogP contribution in [0.2, 0.25) is 0 Å². The molecule has 0 atom stereocenters. The van der Waals surface area contributed by atoms with Crippen LogP contribution in [0.3, 0.4) is 0 Å². The molecule has 5 rings (SSSR count). The highest BCUT2D eigenvalue weighted by Gasteiger charge is 2.19. The van der Waals surface area contributed by atoms with Crippen molar-refractivity contribution >= 4 is 27.2 Å². The third-order valence-electron chi connectivity index (χ3n) is 6.01. The van der Waals surface area contributed by atoms with Crippen molar-refractivity contribution in [1.29, 1.82) is 0 Å². The van der Waals surface area contributed by atoms with E-state index in [2.05, 4.69) is 4.98 Å². The monoisotopic (exact) mass is 461 g/mol. The first-order valence-corrected chi connectivity index (χ1v) is 11.9. The molecule has 7 nitrogen and oxygen atoms in total. The Morgan fingerprint density at radius 2 is 1.79 bits per heavy atom. The average Bonchev–Trinajstić information content (AvgIpc) is 3.15. The molecule has 2 aromatic carbocycles. The number of non-ortho nitro benzene ring substituents is 1. The number of H-pyrrole nitrogens is 1. The average molecular weight is 462 g/mol. The molecule has 1 N–H and O–H groups in total. The van der Waals surface area contributed by atoms with E-state index in [-0.39, 0.29) is 17.9 Å². The summed E-state index contributed by atoms with van der Waals surface area (Å²) >= 11 is 1.64. The number of hydrogen-bond donors (Lipinski definition) is 1. The number of para-hydroxylation sites is 1. The van der Waals surface area contributed by atoms with Gasteiger partial charge in [-0.25, -0.2) is 4.98 Å². The van der Waals surface area contributed by atoms with Crippen molar-refractivity contribution in [2.75, 3.05) is 0 Å². The maximum Gasteiger partial charge on any atom is 0.269 e. The minimum Gasteiger partial charge on any atom is -0.488 e. The molecular formula is C25H23N3O4S. The van der Waals surface area contributed by atoms with E-state index in [0.29, 0.717) is 17.1 Å². The topological polar surface area (TPSA) is 98.1 Å². The summed E-state index contributed by atoms with van der Waals surface area (Å²) in [7, 11) is 0. The van der Waals surface area contributed by atoms with Crippen molar-refractivity contribution in [1.82, 2.24) is 9.97 Å². The van der Waals surface area contributed by atoms with Gasteiger partial charge in [0.15, 0.2) is 0 Å². The fourth-order valence-corrected chi connectivity index (χ4v) is 5.57. The number of ether oxygens (including phenoxy) is 1. The molecule has 1 aliphatic rings. The number of aromatic amines is 1. The molecule has 0 spiro atoms. The van der Waals surface area contributed by atoms with E-state index in [1.807, 2.05) is 24.3 Å². The lowest BCUT2D eigenvalue weighted by atomic mass is 9.98. The van der Waals surface area contributed by atoms with Gasteiger partial charge in [0.2, 0.25) is 0 Å². The second-order valence-corrected chi connectivity index (χ2v) is 9.30. The number of nitrogens with zero attached hydrogens (tertiary/aromatic N) is 2. The normalized spacial score (nSPS) is 13.8. The molecule has 0 unspecified atom stereocenters. The number of rotatable bonds is 5. The van der Waals surface area contributed by atoms with Gasteiger partial charge in [-0.3, -0.25) is 14.9 Å². The third-order valence-corrected chi connectivity index (χ3v) is 7.19. The van der Waals surface area contributed by atoms with Gasteiger partial charge in [-0.2, -0.15) is 0 Å². The summed E-state index contributed by atoms with van der Waals surface area (Å²) in [5.41, 5.74) is 2.64. The van der Waals surface area contributed by atoms with Gasteiger partial charge in [0.25, 0.3) is 11.2 Å². The van der Waals surface area contributed by atoms with Crippen molar-refractivity contribution in [3.63, 3.8) is 0 Å². The first kappa shape index (κ1) is 21.3. The maximum absolute atomic E-state index is 13.1. The molecule has 0 fully saturated rings. The van der Waals surface area contributed by atoms with Crippen LogP contribution in [0.25, 0.3) is 21.6 Å². The fraction of sp³-hybridized carbons (Fsp3) is 0.280. The summed E-state index contributed by atoms with van der Waals surface area (Å²) in [5.74, 6) is 1.08. The van der Waals surface area contributed by atoms with E-state index in [0.717, 1.165) is 41.5 Å². The molecule has 0 saturated heterocycles. The first-order valence-electron chi connectivity index (χ1n) is 11.1. The molecule has 2 aromatic heterocycles. The number of thiophene rings is 1. The Hall–Kier alpha value is -3.52. The van der Waals surface area contributed by atoms with E-state index in [9.17, 15) is 14.9 Å². The number of hydrogen-bond acceptors (Lipinski definition) is 6. The number of benzene rings is 2. The molecule has 33 heavy (non-hydrogen) atoms. The molecule has 8 heteroatoms. The van der Waals surface area contributed by atoms with E-state index in [1.54, 1.807) is 23.5 Å². The van der Waals surface area contributed by atoms with Gasteiger partial charge in [-0.1, -0.05) is 25.0 Å². The maximum atomic E-state index is 13.1. The van der Waals surface area contributed by atoms with Crippen molar-refractivity contribution < 1.29 is 9.66 Å². The summed E-state index contributed by atoms with van der Waals surface area (Å²) in [6.07, 6.45) is 6.67. The van der Waals surface area contributed by atoms with E-state index in [4.69, 9.17) is 9.72 Å². The van der Waals surface area contributed by atoms with Crippen LogP contribution >= 0.6 is 11.3 Å². The van der Waals surface area contributed by atoms with Gasteiger partial charge < -0.3 is 9.72 Å². The van der Waals surface area contributed by atoms with E-state index < -0.39 is 4.92 Å². The predicted molar refractivity (Wildman–Crippen MR) is 129 cm³/mol. The van der Waals surface area contributed by atoms with Crippen LogP contribution in [-0.2, 0) is 19.4 Å². The largest absolute Gasteiger partial charge is 0.488 e. The molecule has 0 aliphatic heterocycles. The minimum absolute atomic E-state index is 0.0410. The Bertz CT molecular complexity index is 1370. The summed E-state index contributed by atoms with van der Waals surface area (Å²) in [6.45, 7) is 0.245. The second kappa shape index (κ2) is 9.15. The molecule has 0 amide bonds.